The number of benzene rings is 2. The van der Waals surface area contributed by atoms with Crippen LogP contribution < -0.4 is 14.9 Å². The number of esters is 1. The van der Waals surface area contributed by atoms with Gasteiger partial charge in [0.2, 0.25) is 0 Å². The minimum Gasteiger partial charge on any atom is -0.452 e. The summed E-state index contributed by atoms with van der Waals surface area (Å²) in [4.78, 5) is 35.3. The van der Waals surface area contributed by atoms with Gasteiger partial charge in [-0.1, -0.05) is 25.1 Å². The van der Waals surface area contributed by atoms with Crippen LogP contribution in [0.5, 0.6) is 0 Å². The number of ether oxygens (including phenoxy) is 1. The molecule has 2 aromatic rings. The Hall–Kier alpha value is -3.40. The second-order valence-electron chi connectivity index (χ2n) is 7.21. The first kappa shape index (κ1) is 23.3. The van der Waals surface area contributed by atoms with Gasteiger partial charge in [0.05, 0.1) is 16.1 Å². The van der Waals surface area contributed by atoms with E-state index < -0.39 is 34.5 Å². The molecule has 3 amide bonds. The lowest BCUT2D eigenvalue weighted by atomic mass is 10.0. The quantitative estimate of drug-likeness (QED) is 0.613. The van der Waals surface area contributed by atoms with E-state index >= 15 is 0 Å². The highest BCUT2D eigenvalue weighted by Crippen LogP contribution is 2.31. The van der Waals surface area contributed by atoms with Crippen molar-refractivity contribution < 1.29 is 27.5 Å². The second-order valence-corrected chi connectivity index (χ2v) is 9.08. The Balaban J connectivity index is 1.63. The van der Waals surface area contributed by atoms with Gasteiger partial charge < -0.3 is 10.1 Å². The van der Waals surface area contributed by atoms with Gasteiger partial charge in [0.15, 0.2) is 6.61 Å². The summed E-state index contributed by atoms with van der Waals surface area (Å²) in [5.74, 6) is -1.57. The number of urea groups is 1. The third-order valence-electron chi connectivity index (χ3n) is 4.87. The lowest BCUT2D eigenvalue weighted by molar-refractivity contribution is -0.123. The SMILES string of the molecule is CCCNC(=O)NC(=O)COC(=O)c1ccc(S(=O)(=O)N2CCCc3ccccc32)cc1. The van der Waals surface area contributed by atoms with Crippen molar-refractivity contribution in [3.05, 3.63) is 59.7 Å². The van der Waals surface area contributed by atoms with Crippen LogP contribution >= 0.6 is 0 Å². The van der Waals surface area contributed by atoms with Crippen molar-refractivity contribution in [1.29, 1.82) is 0 Å². The highest BCUT2D eigenvalue weighted by atomic mass is 32.2. The lowest BCUT2D eigenvalue weighted by Crippen LogP contribution is -2.41. The predicted molar refractivity (Wildman–Crippen MR) is 118 cm³/mol. The molecule has 3 rings (SSSR count). The fraction of sp³-hybridized carbons (Fsp3) is 0.318. The zero-order chi connectivity index (χ0) is 23.1. The topological polar surface area (TPSA) is 122 Å². The Kier molecular flexibility index (Phi) is 7.47. The molecule has 1 heterocycles. The van der Waals surface area contributed by atoms with E-state index in [4.69, 9.17) is 4.74 Å². The molecule has 9 nitrogen and oxygen atoms in total. The first-order valence-electron chi connectivity index (χ1n) is 10.3. The van der Waals surface area contributed by atoms with Gasteiger partial charge in [0.25, 0.3) is 15.9 Å². The minimum absolute atomic E-state index is 0.0519. The van der Waals surface area contributed by atoms with E-state index in [-0.39, 0.29) is 10.5 Å². The fourth-order valence-electron chi connectivity index (χ4n) is 3.30. The number of carbonyl (C=O) groups is 3. The molecule has 0 saturated heterocycles. The molecule has 32 heavy (non-hydrogen) atoms. The Morgan fingerprint density at radius 1 is 1.06 bits per heavy atom. The summed E-state index contributed by atoms with van der Waals surface area (Å²) in [6.07, 6.45) is 2.26. The normalized spacial score (nSPS) is 13.1. The molecule has 0 saturated carbocycles. The maximum Gasteiger partial charge on any atom is 0.338 e. The van der Waals surface area contributed by atoms with Crippen LogP contribution in [0.1, 0.15) is 35.7 Å². The van der Waals surface area contributed by atoms with Crippen molar-refractivity contribution in [2.75, 3.05) is 24.0 Å². The van der Waals surface area contributed by atoms with Gasteiger partial charge in [-0.15, -0.1) is 0 Å². The minimum atomic E-state index is -3.79. The largest absolute Gasteiger partial charge is 0.452 e. The Bertz CT molecular complexity index is 1100. The molecule has 0 aromatic heterocycles. The Morgan fingerprint density at radius 2 is 1.78 bits per heavy atom. The Labute approximate surface area is 186 Å². The third kappa shape index (κ3) is 5.44. The maximum absolute atomic E-state index is 13.1. The van der Waals surface area contributed by atoms with Crippen molar-refractivity contribution >= 4 is 33.6 Å². The molecule has 2 aromatic carbocycles. The van der Waals surface area contributed by atoms with E-state index in [9.17, 15) is 22.8 Å². The molecular weight excluding hydrogens is 434 g/mol. The van der Waals surface area contributed by atoms with Crippen LogP contribution in [0.4, 0.5) is 10.5 Å². The summed E-state index contributed by atoms with van der Waals surface area (Å²) >= 11 is 0. The van der Waals surface area contributed by atoms with Crippen LogP contribution in [0.3, 0.4) is 0 Å². The average molecular weight is 460 g/mol. The van der Waals surface area contributed by atoms with Crippen molar-refractivity contribution in [3.8, 4) is 0 Å². The van der Waals surface area contributed by atoms with Gasteiger partial charge >= 0.3 is 12.0 Å². The van der Waals surface area contributed by atoms with Gasteiger partial charge in [-0.25, -0.2) is 18.0 Å². The summed E-state index contributed by atoms with van der Waals surface area (Å²) in [5.41, 5.74) is 1.73. The summed E-state index contributed by atoms with van der Waals surface area (Å²) < 4.78 is 32.6. The standard InChI is InChI=1S/C22H25N3O6S/c1-2-13-23-22(28)24-20(26)15-31-21(27)17-9-11-18(12-10-17)32(29,30)25-14-5-7-16-6-3-4-8-19(16)25/h3-4,6,8-12H,2,5,7,13-15H2,1H3,(H2,23,24,26,28). The number of para-hydroxylation sites is 1. The molecular formula is C22H25N3O6S. The number of nitrogens with zero attached hydrogens (tertiary/aromatic N) is 1. The highest BCUT2D eigenvalue weighted by molar-refractivity contribution is 7.92. The van der Waals surface area contributed by atoms with Crippen molar-refractivity contribution in [2.45, 2.75) is 31.1 Å². The molecule has 1 aliphatic heterocycles. The number of anilines is 1. The van der Waals surface area contributed by atoms with Gasteiger partial charge in [0, 0.05) is 13.1 Å². The number of sulfonamides is 1. The van der Waals surface area contributed by atoms with Crippen LogP contribution in [-0.2, 0) is 26.0 Å². The van der Waals surface area contributed by atoms with Gasteiger partial charge in [-0.3, -0.25) is 14.4 Å². The highest BCUT2D eigenvalue weighted by Gasteiger charge is 2.29. The van der Waals surface area contributed by atoms with Crippen LogP contribution in [-0.4, -0.2) is 46.0 Å². The van der Waals surface area contributed by atoms with E-state index in [1.54, 1.807) is 12.1 Å². The van der Waals surface area contributed by atoms with Crippen LogP contribution in [0, 0.1) is 0 Å². The number of hydrogen-bond donors (Lipinski definition) is 2. The zero-order valence-corrected chi connectivity index (χ0v) is 18.5. The van der Waals surface area contributed by atoms with Crippen LogP contribution in [0.2, 0.25) is 0 Å². The van der Waals surface area contributed by atoms with E-state index in [0.29, 0.717) is 25.2 Å². The summed E-state index contributed by atoms with van der Waals surface area (Å²) in [6, 6.07) is 12.0. The van der Waals surface area contributed by atoms with Crippen LogP contribution in [0.15, 0.2) is 53.4 Å². The number of imide groups is 1. The number of hydrogen-bond acceptors (Lipinski definition) is 6. The molecule has 0 atom stereocenters. The molecule has 2 N–H and O–H groups in total. The molecule has 1 aliphatic rings. The van der Waals surface area contributed by atoms with E-state index in [2.05, 4.69) is 5.32 Å². The number of rotatable bonds is 7. The van der Waals surface area contributed by atoms with E-state index in [0.717, 1.165) is 18.4 Å². The molecule has 0 radical (unpaired) electrons. The second kappa shape index (κ2) is 10.3. The van der Waals surface area contributed by atoms with E-state index in [1.807, 2.05) is 24.4 Å². The molecule has 0 aliphatic carbocycles. The average Bonchev–Trinajstić information content (AvgIpc) is 2.80. The number of nitrogens with one attached hydrogen (secondary N) is 2. The van der Waals surface area contributed by atoms with Crippen molar-refractivity contribution in [1.82, 2.24) is 10.6 Å². The number of aryl methyl sites for hydroxylation is 1. The molecule has 0 fully saturated rings. The molecule has 170 valence electrons. The predicted octanol–water partition coefficient (Wildman–Crippen LogP) is 2.22. The summed E-state index contributed by atoms with van der Waals surface area (Å²) in [7, 11) is -3.79. The molecule has 0 spiro atoms. The monoisotopic (exact) mass is 459 g/mol. The van der Waals surface area contributed by atoms with Gasteiger partial charge in [0.1, 0.15) is 0 Å². The van der Waals surface area contributed by atoms with Crippen molar-refractivity contribution in [2.24, 2.45) is 0 Å². The maximum atomic E-state index is 13.1. The summed E-state index contributed by atoms with van der Waals surface area (Å²) in [5, 5.41) is 4.51. The number of fused-ring (bicyclic) bond motifs is 1. The van der Waals surface area contributed by atoms with Crippen LogP contribution in [0.25, 0.3) is 0 Å². The van der Waals surface area contributed by atoms with Gasteiger partial charge in [-0.05, 0) is 55.2 Å². The lowest BCUT2D eigenvalue weighted by Gasteiger charge is -2.30. The van der Waals surface area contributed by atoms with E-state index in [1.165, 1.54) is 28.6 Å². The molecule has 0 unspecified atom stereocenters. The fourth-order valence-corrected chi connectivity index (χ4v) is 4.84. The summed E-state index contributed by atoms with van der Waals surface area (Å²) in [6.45, 7) is 2.02. The smallest absolute Gasteiger partial charge is 0.338 e. The van der Waals surface area contributed by atoms with Crippen molar-refractivity contribution in [3.63, 3.8) is 0 Å². The first-order chi connectivity index (χ1) is 15.3. The number of carbonyl (C=O) groups excluding carboxylic acids is 3. The van der Waals surface area contributed by atoms with Gasteiger partial charge in [-0.2, -0.15) is 0 Å². The molecule has 10 heteroatoms. The molecule has 0 bridgehead atoms. The number of amides is 3. The Morgan fingerprint density at radius 3 is 2.50 bits per heavy atom. The third-order valence-corrected chi connectivity index (χ3v) is 6.70. The first-order valence-corrected chi connectivity index (χ1v) is 11.7. The zero-order valence-electron chi connectivity index (χ0n) is 17.7.